The molecule has 1 amide bonds. The summed E-state index contributed by atoms with van der Waals surface area (Å²) in [6.45, 7) is 3.89. The molecule has 25 heavy (non-hydrogen) atoms. The summed E-state index contributed by atoms with van der Waals surface area (Å²) in [5.41, 5.74) is 1.30. The third kappa shape index (κ3) is 2.43. The third-order valence-corrected chi connectivity index (χ3v) is 7.24. The van der Waals surface area contributed by atoms with Gasteiger partial charge in [0.2, 0.25) is 10.0 Å². The lowest BCUT2D eigenvalue weighted by molar-refractivity contribution is 0.0730. The van der Waals surface area contributed by atoms with E-state index in [4.69, 9.17) is 4.74 Å². The van der Waals surface area contributed by atoms with Gasteiger partial charge in [0, 0.05) is 40.4 Å². The van der Waals surface area contributed by atoms with Gasteiger partial charge in [-0.05, 0) is 35.0 Å². The number of carbonyl (C=O) groups is 1. The highest BCUT2D eigenvalue weighted by atomic mass is 79.9. The number of sulfonamides is 1. The Bertz CT molecular complexity index is 984. The Morgan fingerprint density at radius 2 is 1.96 bits per heavy atom. The van der Waals surface area contributed by atoms with Crippen LogP contribution in [0.1, 0.15) is 17.3 Å². The Hall–Kier alpha value is -1.48. The molecule has 0 unspecified atom stereocenters. The lowest BCUT2D eigenvalue weighted by atomic mass is 10.1. The minimum Gasteiger partial charge on any atom is -0.379 e. The fourth-order valence-corrected chi connectivity index (χ4v) is 5.94. The quantitative estimate of drug-likeness (QED) is 0.759. The van der Waals surface area contributed by atoms with Crippen LogP contribution in [-0.2, 0) is 14.8 Å². The molecule has 0 atom stereocenters. The summed E-state index contributed by atoms with van der Waals surface area (Å²) >= 11 is 3.49. The second-order valence-corrected chi connectivity index (χ2v) is 8.76. The van der Waals surface area contributed by atoms with Crippen LogP contribution in [0.15, 0.2) is 33.6 Å². The Labute approximate surface area is 154 Å². The van der Waals surface area contributed by atoms with E-state index in [0.717, 1.165) is 5.69 Å². The predicted octanol–water partition coefficient (Wildman–Crippen LogP) is 2.60. The summed E-state index contributed by atoms with van der Waals surface area (Å²) in [7, 11) is -3.67. The molecule has 2 aliphatic rings. The van der Waals surface area contributed by atoms with Crippen LogP contribution in [0.5, 0.6) is 0 Å². The van der Waals surface area contributed by atoms with Gasteiger partial charge >= 0.3 is 0 Å². The molecule has 8 heteroatoms. The van der Waals surface area contributed by atoms with Gasteiger partial charge in [0.05, 0.1) is 23.8 Å². The van der Waals surface area contributed by atoms with Crippen molar-refractivity contribution in [3.63, 3.8) is 0 Å². The Kier molecular flexibility index (Phi) is 4.10. The maximum atomic E-state index is 13.2. The van der Waals surface area contributed by atoms with E-state index in [1.165, 1.54) is 4.31 Å². The summed E-state index contributed by atoms with van der Waals surface area (Å²) in [5.74, 6) is -0.0929. The number of hydrogen-bond donors (Lipinski definition) is 0. The van der Waals surface area contributed by atoms with Crippen LogP contribution in [0.2, 0.25) is 0 Å². The van der Waals surface area contributed by atoms with Gasteiger partial charge < -0.3 is 9.64 Å². The van der Waals surface area contributed by atoms with E-state index in [9.17, 15) is 13.2 Å². The van der Waals surface area contributed by atoms with Crippen molar-refractivity contribution in [2.75, 3.05) is 37.7 Å². The average Bonchev–Trinajstić information content (AvgIpc) is 2.92. The van der Waals surface area contributed by atoms with Crippen molar-refractivity contribution in [3.8, 4) is 0 Å². The van der Waals surface area contributed by atoms with Gasteiger partial charge in [-0.3, -0.25) is 4.79 Å². The first-order valence-corrected chi connectivity index (χ1v) is 10.3. The van der Waals surface area contributed by atoms with Gasteiger partial charge in [0.1, 0.15) is 0 Å². The van der Waals surface area contributed by atoms with Crippen LogP contribution in [0, 0.1) is 0 Å². The summed E-state index contributed by atoms with van der Waals surface area (Å²) in [6.07, 6.45) is 0. The van der Waals surface area contributed by atoms with Crippen molar-refractivity contribution in [3.05, 3.63) is 34.3 Å². The fraction of sp³-hybridized carbons (Fsp3) is 0.353. The minimum absolute atomic E-state index is 0.0929. The zero-order valence-electron chi connectivity index (χ0n) is 13.7. The fourth-order valence-electron chi connectivity index (χ4n) is 3.52. The highest BCUT2D eigenvalue weighted by Gasteiger charge is 2.35. The van der Waals surface area contributed by atoms with Crippen LogP contribution in [0.25, 0.3) is 10.8 Å². The maximum absolute atomic E-state index is 13.2. The van der Waals surface area contributed by atoms with E-state index in [1.54, 1.807) is 29.2 Å². The van der Waals surface area contributed by atoms with Crippen LogP contribution >= 0.6 is 15.9 Å². The second-order valence-electron chi connectivity index (χ2n) is 6.00. The van der Waals surface area contributed by atoms with Crippen LogP contribution in [0.3, 0.4) is 0 Å². The number of rotatable bonds is 3. The smallest absolute Gasteiger partial charge is 0.259 e. The highest BCUT2D eigenvalue weighted by Crippen LogP contribution is 2.45. The van der Waals surface area contributed by atoms with Crippen LogP contribution in [0.4, 0.5) is 5.69 Å². The lowest BCUT2D eigenvalue weighted by Crippen LogP contribution is -2.40. The Balaban J connectivity index is 1.99. The van der Waals surface area contributed by atoms with Crippen molar-refractivity contribution >= 4 is 48.3 Å². The molecule has 0 saturated carbocycles. The van der Waals surface area contributed by atoms with Crippen molar-refractivity contribution in [2.24, 2.45) is 0 Å². The first-order chi connectivity index (χ1) is 12.0. The number of halogens is 1. The molecule has 0 spiro atoms. The Morgan fingerprint density at radius 3 is 2.64 bits per heavy atom. The molecule has 6 nitrogen and oxygen atoms in total. The molecule has 132 valence electrons. The molecule has 1 fully saturated rings. The van der Waals surface area contributed by atoms with Crippen molar-refractivity contribution < 1.29 is 17.9 Å². The number of morpholine rings is 1. The highest BCUT2D eigenvalue weighted by molar-refractivity contribution is 9.10. The number of hydrogen-bond acceptors (Lipinski definition) is 4. The normalized spacial score (nSPS) is 18.3. The van der Waals surface area contributed by atoms with E-state index in [-0.39, 0.29) is 10.8 Å². The van der Waals surface area contributed by atoms with Gasteiger partial charge in [-0.2, -0.15) is 4.31 Å². The summed E-state index contributed by atoms with van der Waals surface area (Å²) < 4.78 is 33.7. The molecule has 0 aliphatic carbocycles. The van der Waals surface area contributed by atoms with Crippen LogP contribution < -0.4 is 4.90 Å². The van der Waals surface area contributed by atoms with Gasteiger partial charge in [0.25, 0.3) is 5.91 Å². The molecular weight excluding hydrogens is 408 g/mol. The SMILES string of the molecule is CCN1C(=O)c2cccc3c(S(=O)(=O)N4CCOCC4)cc(Br)c1c23. The topological polar surface area (TPSA) is 66.9 Å². The standard InChI is InChI=1S/C17H17BrN2O4S/c1-2-20-16-13(18)10-14(25(22,23)19-6-8-24-9-7-19)11-4-3-5-12(15(11)16)17(20)21/h3-5,10H,2,6-9H2,1H3. The van der Waals surface area contributed by atoms with Crippen LogP contribution in [-0.4, -0.2) is 51.5 Å². The van der Waals surface area contributed by atoms with E-state index in [1.807, 2.05) is 6.92 Å². The molecule has 2 heterocycles. The summed E-state index contributed by atoms with van der Waals surface area (Å²) in [6, 6.07) is 6.88. The zero-order chi connectivity index (χ0) is 17.8. The lowest BCUT2D eigenvalue weighted by Gasteiger charge is -2.27. The van der Waals surface area contributed by atoms with Gasteiger partial charge in [-0.25, -0.2) is 8.42 Å². The van der Waals surface area contributed by atoms with E-state index < -0.39 is 10.0 Å². The molecule has 2 aliphatic heterocycles. The largest absolute Gasteiger partial charge is 0.379 e. The number of nitrogens with zero attached hydrogens (tertiary/aromatic N) is 2. The molecular formula is C17H17BrN2O4S. The number of ether oxygens (including phenoxy) is 1. The van der Waals surface area contributed by atoms with Gasteiger partial charge in [-0.1, -0.05) is 12.1 Å². The Morgan fingerprint density at radius 1 is 1.24 bits per heavy atom. The number of amides is 1. The number of anilines is 1. The summed E-state index contributed by atoms with van der Waals surface area (Å²) in [4.78, 5) is 14.6. The van der Waals surface area contributed by atoms with Crippen molar-refractivity contribution in [1.29, 1.82) is 0 Å². The first-order valence-electron chi connectivity index (χ1n) is 8.11. The molecule has 0 bridgehead atoms. The number of carbonyl (C=O) groups excluding carboxylic acids is 1. The molecule has 1 saturated heterocycles. The molecule has 2 aromatic carbocycles. The van der Waals surface area contributed by atoms with E-state index >= 15 is 0 Å². The van der Waals surface area contributed by atoms with E-state index in [2.05, 4.69) is 15.9 Å². The summed E-state index contributed by atoms with van der Waals surface area (Å²) in [5, 5.41) is 1.29. The average molecular weight is 425 g/mol. The molecule has 4 rings (SSSR count). The van der Waals surface area contributed by atoms with Crippen molar-refractivity contribution in [2.45, 2.75) is 11.8 Å². The molecule has 0 aromatic heterocycles. The molecule has 2 aromatic rings. The second kappa shape index (κ2) is 6.05. The third-order valence-electron chi connectivity index (χ3n) is 4.70. The first kappa shape index (κ1) is 17.0. The zero-order valence-corrected chi connectivity index (χ0v) is 16.1. The minimum atomic E-state index is -3.67. The van der Waals surface area contributed by atoms with Crippen molar-refractivity contribution in [1.82, 2.24) is 4.31 Å². The molecule has 0 N–H and O–H groups in total. The van der Waals surface area contributed by atoms with E-state index in [0.29, 0.717) is 53.7 Å². The number of benzene rings is 2. The maximum Gasteiger partial charge on any atom is 0.259 e. The van der Waals surface area contributed by atoms with Gasteiger partial charge in [-0.15, -0.1) is 0 Å². The van der Waals surface area contributed by atoms with Gasteiger partial charge in [0.15, 0.2) is 0 Å². The monoisotopic (exact) mass is 424 g/mol. The predicted molar refractivity (Wildman–Crippen MR) is 98.6 cm³/mol. The molecule has 0 radical (unpaired) electrons.